The van der Waals surface area contributed by atoms with E-state index >= 15 is 0 Å². The number of nitrogens with zero attached hydrogens (tertiary/aromatic N) is 2. The van der Waals surface area contributed by atoms with Crippen molar-refractivity contribution in [3.63, 3.8) is 0 Å². The average Bonchev–Trinajstić information content (AvgIpc) is 3.04. The van der Waals surface area contributed by atoms with Gasteiger partial charge in [-0.1, -0.05) is 6.92 Å². The van der Waals surface area contributed by atoms with Crippen LogP contribution in [0.5, 0.6) is 0 Å². The maximum Gasteiger partial charge on any atom is 0.260 e. The summed E-state index contributed by atoms with van der Waals surface area (Å²) < 4.78 is 27.1. The molecule has 0 aliphatic heterocycles. The lowest BCUT2D eigenvalue weighted by molar-refractivity contribution is 0.574. The van der Waals surface area contributed by atoms with Crippen molar-refractivity contribution in [1.82, 2.24) is 25.2 Å². The molecule has 0 atom stereocenters. The Bertz CT molecular complexity index is 648. The summed E-state index contributed by atoms with van der Waals surface area (Å²) in [5.74, 6) is 0. The maximum atomic E-state index is 12.3. The molecule has 0 aliphatic carbocycles. The van der Waals surface area contributed by atoms with E-state index in [1.165, 1.54) is 11.3 Å². The van der Waals surface area contributed by atoms with Crippen molar-refractivity contribution in [1.29, 1.82) is 0 Å². The Kier molecular flexibility index (Phi) is 4.86. The molecule has 2 rings (SSSR count). The smallest absolute Gasteiger partial charge is 0.260 e. The van der Waals surface area contributed by atoms with Gasteiger partial charge in [0, 0.05) is 29.4 Å². The summed E-state index contributed by atoms with van der Waals surface area (Å²) in [6, 6.07) is 0. The van der Waals surface area contributed by atoms with Gasteiger partial charge in [0.2, 0.25) is 0 Å². The predicted octanol–water partition coefficient (Wildman–Crippen LogP) is 0.763. The van der Waals surface area contributed by atoms with E-state index in [4.69, 9.17) is 0 Å². The molecule has 0 radical (unpaired) electrons. The van der Waals surface area contributed by atoms with Crippen LogP contribution in [0.4, 0.5) is 0 Å². The third-order valence-corrected chi connectivity index (χ3v) is 4.89. The van der Waals surface area contributed by atoms with Crippen LogP contribution in [0.25, 0.3) is 0 Å². The second kappa shape index (κ2) is 6.44. The molecule has 0 saturated heterocycles. The predicted molar refractivity (Wildman–Crippen MR) is 76.8 cm³/mol. The van der Waals surface area contributed by atoms with Gasteiger partial charge in [-0.25, -0.2) is 18.1 Å². The van der Waals surface area contributed by atoms with Crippen molar-refractivity contribution in [3.05, 3.63) is 27.8 Å². The van der Waals surface area contributed by atoms with Crippen molar-refractivity contribution in [2.24, 2.45) is 0 Å². The molecule has 0 fully saturated rings. The molecule has 7 nitrogen and oxygen atoms in total. The van der Waals surface area contributed by atoms with Gasteiger partial charge in [-0.3, -0.25) is 5.10 Å². The van der Waals surface area contributed by atoms with Gasteiger partial charge < -0.3 is 5.32 Å². The fourth-order valence-corrected chi connectivity index (χ4v) is 3.50. The number of hydrogen-bond acceptors (Lipinski definition) is 6. The van der Waals surface area contributed by atoms with Crippen LogP contribution in [0.1, 0.15) is 23.2 Å². The first-order valence-electron chi connectivity index (χ1n) is 6.17. The molecule has 9 heteroatoms. The highest BCUT2D eigenvalue weighted by molar-refractivity contribution is 7.89. The van der Waals surface area contributed by atoms with E-state index in [9.17, 15) is 8.42 Å². The fourth-order valence-electron chi connectivity index (χ4n) is 1.68. The summed E-state index contributed by atoms with van der Waals surface area (Å²) in [7, 11) is -3.64. The topological polar surface area (TPSA) is 99.8 Å². The van der Waals surface area contributed by atoms with Gasteiger partial charge in [0.25, 0.3) is 10.0 Å². The van der Waals surface area contributed by atoms with Gasteiger partial charge in [0.05, 0.1) is 6.54 Å². The average molecular weight is 315 g/mol. The summed E-state index contributed by atoms with van der Waals surface area (Å²) in [5, 5.41) is 12.3. The van der Waals surface area contributed by atoms with E-state index < -0.39 is 10.0 Å². The van der Waals surface area contributed by atoms with Gasteiger partial charge >= 0.3 is 0 Å². The first-order chi connectivity index (χ1) is 9.54. The molecule has 2 heterocycles. The summed E-state index contributed by atoms with van der Waals surface area (Å²) in [4.78, 5) is 4.04. The molecule has 0 aliphatic rings. The van der Waals surface area contributed by atoms with Crippen molar-refractivity contribution < 1.29 is 8.42 Å². The van der Waals surface area contributed by atoms with Crippen LogP contribution in [0, 0.1) is 6.92 Å². The molecular weight excluding hydrogens is 298 g/mol. The van der Waals surface area contributed by atoms with Crippen LogP contribution in [0.3, 0.4) is 0 Å². The number of aromatic nitrogens is 3. The van der Waals surface area contributed by atoms with E-state index in [0.717, 1.165) is 12.2 Å². The molecule has 20 heavy (non-hydrogen) atoms. The standard InChI is InChI=1S/C11H17N5O2S2/c1-3-12-6-9-8(2)15-16-11(9)20(17,18)14-7-10-13-4-5-19-10/h4-5,12,14H,3,6-7H2,1-2H3,(H,15,16). The molecular formula is C11H17N5O2S2. The summed E-state index contributed by atoms with van der Waals surface area (Å²) >= 11 is 1.40. The van der Waals surface area contributed by atoms with E-state index in [0.29, 0.717) is 17.1 Å². The molecule has 110 valence electrons. The van der Waals surface area contributed by atoms with Crippen LogP contribution in [-0.4, -0.2) is 30.1 Å². The number of aromatic amines is 1. The number of nitrogens with one attached hydrogen (secondary N) is 3. The Morgan fingerprint density at radius 2 is 2.20 bits per heavy atom. The maximum absolute atomic E-state index is 12.3. The lowest BCUT2D eigenvalue weighted by atomic mass is 10.2. The number of sulfonamides is 1. The molecule has 0 bridgehead atoms. The van der Waals surface area contributed by atoms with E-state index in [-0.39, 0.29) is 11.6 Å². The molecule has 2 aromatic heterocycles. The Morgan fingerprint density at radius 1 is 1.40 bits per heavy atom. The zero-order valence-electron chi connectivity index (χ0n) is 11.3. The van der Waals surface area contributed by atoms with Crippen LogP contribution >= 0.6 is 11.3 Å². The van der Waals surface area contributed by atoms with Crippen molar-refractivity contribution >= 4 is 21.4 Å². The molecule has 0 aromatic carbocycles. The van der Waals surface area contributed by atoms with Crippen molar-refractivity contribution in [2.75, 3.05) is 6.54 Å². The number of hydrogen-bond donors (Lipinski definition) is 3. The molecule has 0 spiro atoms. The molecule has 0 unspecified atom stereocenters. The number of rotatable bonds is 7. The zero-order chi connectivity index (χ0) is 14.6. The highest BCUT2D eigenvalue weighted by atomic mass is 32.2. The summed E-state index contributed by atoms with van der Waals surface area (Å²) in [6.45, 7) is 5.17. The first kappa shape index (κ1) is 15.1. The van der Waals surface area contributed by atoms with Gasteiger partial charge in [-0.15, -0.1) is 11.3 Å². The van der Waals surface area contributed by atoms with E-state index in [1.807, 2.05) is 6.92 Å². The zero-order valence-corrected chi connectivity index (χ0v) is 12.9. The second-order valence-corrected chi connectivity index (χ2v) is 6.82. The SMILES string of the molecule is CCNCc1c(S(=O)(=O)NCc2nccs2)n[nH]c1C. The number of aryl methyl sites for hydroxylation is 1. The second-order valence-electron chi connectivity index (χ2n) is 4.16. The lowest BCUT2D eigenvalue weighted by Gasteiger charge is -2.06. The van der Waals surface area contributed by atoms with Gasteiger partial charge in [-0.05, 0) is 13.5 Å². The first-order valence-corrected chi connectivity index (χ1v) is 8.53. The van der Waals surface area contributed by atoms with E-state index in [2.05, 4.69) is 25.2 Å². The fraction of sp³-hybridized carbons (Fsp3) is 0.455. The number of H-pyrrole nitrogens is 1. The summed E-state index contributed by atoms with van der Waals surface area (Å²) in [6.07, 6.45) is 1.64. The third-order valence-electron chi connectivity index (χ3n) is 2.74. The minimum atomic E-state index is -3.64. The van der Waals surface area contributed by atoms with Crippen LogP contribution in [-0.2, 0) is 23.1 Å². The minimum Gasteiger partial charge on any atom is -0.313 e. The highest BCUT2D eigenvalue weighted by Gasteiger charge is 2.23. The molecule has 2 aromatic rings. The Hall–Kier alpha value is -1.29. The normalized spacial score (nSPS) is 11.9. The molecule has 0 saturated carbocycles. The Labute approximate surface area is 121 Å². The van der Waals surface area contributed by atoms with Gasteiger partial charge in [0.15, 0.2) is 5.03 Å². The molecule has 3 N–H and O–H groups in total. The summed E-state index contributed by atoms with van der Waals surface area (Å²) in [5.41, 5.74) is 1.42. The molecule has 0 amide bonds. The lowest BCUT2D eigenvalue weighted by Crippen LogP contribution is -2.25. The highest BCUT2D eigenvalue weighted by Crippen LogP contribution is 2.16. The third kappa shape index (κ3) is 3.42. The van der Waals surface area contributed by atoms with Gasteiger partial charge in [-0.2, -0.15) is 5.10 Å². The van der Waals surface area contributed by atoms with Crippen LogP contribution in [0.15, 0.2) is 16.6 Å². The minimum absolute atomic E-state index is 0.0486. The monoisotopic (exact) mass is 315 g/mol. The quantitative estimate of drug-likeness (QED) is 0.700. The Morgan fingerprint density at radius 3 is 2.85 bits per heavy atom. The van der Waals surface area contributed by atoms with Crippen LogP contribution < -0.4 is 10.0 Å². The Balaban J connectivity index is 2.16. The largest absolute Gasteiger partial charge is 0.313 e. The van der Waals surface area contributed by atoms with E-state index in [1.54, 1.807) is 18.5 Å². The van der Waals surface area contributed by atoms with Crippen LogP contribution in [0.2, 0.25) is 0 Å². The van der Waals surface area contributed by atoms with Crippen molar-refractivity contribution in [3.8, 4) is 0 Å². The van der Waals surface area contributed by atoms with Crippen molar-refractivity contribution in [2.45, 2.75) is 32.0 Å². The van der Waals surface area contributed by atoms with Gasteiger partial charge in [0.1, 0.15) is 5.01 Å². The number of thiazole rings is 1.